The molecule has 1 aromatic carbocycles. The Morgan fingerprint density at radius 2 is 1.83 bits per heavy atom. The van der Waals surface area contributed by atoms with Gasteiger partial charge in [-0.2, -0.15) is 0 Å². The molecule has 5 rings (SSSR count). The van der Waals surface area contributed by atoms with Crippen LogP contribution in [-0.4, -0.2) is 60.3 Å². The fourth-order valence-corrected chi connectivity index (χ4v) is 4.46. The summed E-state index contributed by atoms with van der Waals surface area (Å²) in [7, 11) is 0. The third kappa shape index (κ3) is 4.04. The van der Waals surface area contributed by atoms with Gasteiger partial charge >= 0.3 is 0 Å². The fraction of sp³-hybridized carbons (Fsp3) is 0.522. The Balaban J connectivity index is 1.38. The normalized spacial score (nSPS) is 24.5. The maximum absolute atomic E-state index is 6.22. The van der Waals surface area contributed by atoms with Crippen LogP contribution in [0.25, 0.3) is 0 Å². The monoisotopic (exact) mass is 408 g/mol. The molecule has 1 aromatic heterocycles. The summed E-state index contributed by atoms with van der Waals surface area (Å²) in [6.45, 7) is 8.06. The van der Waals surface area contributed by atoms with Crippen LogP contribution in [0.1, 0.15) is 43.5 Å². The second-order valence-corrected chi connectivity index (χ2v) is 8.34. The van der Waals surface area contributed by atoms with Crippen LogP contribution in [0.2, 0.25) is 0 Å². The minimum atomic E-state index is 0.182. The first-order valence-electron chi connectivity index (χ1n) is 10.8. The smallest absolute Gasteiger partial charge is 0.132 e. The third-order valence-corrected chi connectivity index (χ3v) is 5.85. The van der Waals surface area contributed by atoms with Gasteiger partial charge in [0.05, 0.1) is 43.4 Å². The number of aromatic nitrogens is 2. The quantitative estimate of drug-likeness (QED) is 0.775. The predicted octanol–water partition coefficient (Wildman–Crippen LogP) is 3.00. The largest absolute Gasteiger partial charge is 0.490 e. The topological polar surface area (TPSA) is 69.1 Å². The summed E-state index contributed by atoms with van der Waals surface area (Å²) in [5.74, 6) is 1.81. The summed E-state index contributed by atoms with van der Waals surface area (Å²) in [5.41, 5.74) is 4.08. The van der Waals surface area contributed by atoms with Crippen LogP contribution in [0.5, 0.6) is 5.75 Å². The van der Waals surface area contributed by atoms with Gasteiger partial charge in [-0.25, -0.2) is 9.97 Å². The molecule has 0 unspecified atom stereocenters. The van der Waals surface area contributed by atoms with Gasteiger partial charge in [-0.1, -0.05) is 6.07 Å². The molecule has 2 saturated heterocycles. The van der Waals surface area contributed by atoms with Crippen molar-refractivity contribution in [3.05, 3.63) is 47.4 Å². The van der Waals surface area contributed by atoms with Gasteiger partial charge in [0.2, 0.25) is 0 Å². The first kappa shape index (κ1) is 19.5. The lowest BCUT2D eigenvalue weighted by Gasteiger charge is -2.36. The van der Waals surface area contributed by atoms with Crippen LogP contribution in [-0.2, 0) is 16.0 Å². The molecule has 0 bridgehead atoms. The van der Waals surface area contributed by atoms with E-state index in [0.717, 1.165) is 67.7 Å². The zero-order chi connectivity index (χ0) is 20.5. The summed E-state index contributed by atoms with van der Waals surface area (Å²) in [6, 6.07) is 8.32. The van der Waals surface area contributed by atoms with E-state index in [4.69, 9.17) is 19.2 Å². The van der Waals surface area contributed by atoms with Crippen LogP contribution < -0.4 is 9.64 Å². The van der Waals surface area contributed by atoms with Crippen molar-refractivity contribution in [2.75, 3.05) is 31.2 Å². The highest BCUT2D eigenvalue weighted by Gasteiger charge is 2.25. The molecule has 7 heteroatoms. The molecule has 0 N–H and O–H groups in total. The minimum Gasteiger partial charge on any atom is -0.490 e. The Kier molecular flexibility index (Phi) is 5.39. The number of benzene rings is 1. The van der Waals surface area contributed by atoms with Crippen LogP contribution >= 0.6 is 0 Å². The zero-order valence-electron chi connectivity index (χ0n) is 17.6. The summed E-state index contributed by atoms with van der Waals surface area (Å²) in [4.78, 5) is 16.1. The molecule has 158 valence electrons. The van der Waals surface area contributed by atoms with E-state index in [9.17, 15) is 0 Å². The molecule has 2 fully saturated rings. The van der Waals surface area contributed by atoms with Gasteiger partial charge in [0, 0.05) is 37.6 Å². The third-order valence-electron chi connectivity index (χ3n) is 5.85. The van der Waals surface area contributed by atoms with Crippen molar-refractivity contribution >= 4 is 11.5 Å². The van der Waals surface area contributed by atoms with E-state index >= 15 is 0 Å². The van der Waals surface area contributed by atoms with E-state index in [1.807, 2.05) is 6.07 Å². The molecular weight excluding hydrogens is 380 g/mol. The second kappa shape index (κ2) is 8.32. The van der Waals surface area contributed by atoms with Gasteiger partial charge in [-0.3, -0.25) is 4.99 Å². The number of hydrogen-bond donors (Lipinski definition) is 0. The molecule has 2 atom stereocenters. The Labute approximate surface area is 177 Å². The molecule has 0 saturated carbocycles. The lowest BCUT2D eigenvalue weighted by molar-refractivity contribution is -0.00547. The number of ether oxygens (including phenoxy) is 3. The molecule has 3 aliphatic heterocycles. The second-order valence-electron chi connectivity index (χ2n) is 8.34. The summed E-state index contributed by atoms with van der Waals surface area (Å²) < 4.78 is 17.5. The van der Waals surface area contributed by atoms with Crippen molar-refractivity contribution in [1.29, 1.82) is 0 Å². The summed E-state index contributed by atoms with van der Waals surface area (Å²) in [6.07, 6.45) is 4.09. The Morgan fingerprint density at radius 3 is 2.63 bits per heavy atom. The van der Waals surface area contributed by atoms with Gasteiger partial charge in [0.15, 0.2) is 0 Å². The summed E-state index contributed by atoms with van der Waals surface area (Å²) >= 11 is 0. The Hall–Kier alpha value is -2.51. The fourth-order valence-electron chi connectivity index (χ4n) is 4.46. The van der Waals surface area contributed by atoms with E-state index in [2.05, 4.69) is 46.9 Å². The number of rotatable bonds is 4. The van der Waals surface area contributed by atoms with Crippen molar-refractivity contribution in [2.45, 2.75) is 51.5 Å². The first-order chi connectivity index (χ1) is 14.7. The van der Waals surface area contributed by atoms with Crippen molar-refractivity contribution in [3.63, 3.8) is 0 Å². The van der Waals surface area contributed by atoms with Crippen LogP contribution in [0.4, 0.5) is 5.82 Å². The lowest BCUT2D eigenvalue weighted by atomic mass is 10.0. The standard InChI is InChI=1S/C23H28N4O3/c1-15-12-27(13-16(2)29-15)22-10-21(25-14-26-22)23-20-9-19(4-3-17(20)11-24-23)30-18-5-7-28-8-6-18/h3-4,9-10,14-16,18H,5-8,11-13H2,1-2H3/t15-,16+. The van der Waals surface area contributed by atoms with Crippen LogP contribution in [0.15, 0.2) is 35.6 Å². The van der Waals surface area contributed by atoms with E-state index in [-0.39, 0.29) is 18.3 Å². The van der Waals surface area contributed by atoms with Gasteiger partial charge < -0.3 is 19.1 Å². The SMILES string of the molecule is C[C@@H]1CN(c2cc(C3=NCc4ccc(OC5CCOCC5)cc43)ncn2)C[C@H](C)O1. The number of fused-ring (bicyclic) bond motifs is 1. The van der Waals surface area contributed by atoms with E-state index in [1.165, 1.54) is 5.56 Å². The lowest BCUT2D eigenvalue weighted by Crippen LogP contribution is -2.45. The number of morpholine rings is 1. The Bertz CT molecular complexity index is 932. The highest BCUT2D eigenvalue weighted by atomic mass is 16.5. The number of nitrogens with zero attached hydrogens (tertiary/aromatic N) is 4. The van der Waals surface area contributed by atoms with Gasteiger partial charge in [-0.05, 0) is 31.5 Å². The highest BCUT2D eigenvalue weighted by molar-refractivity contribution is 6.14. The van der Waals surface area contributed by atoms with E-state index < -0.39 is 0 Å². The average Bonchev–Trinajstić information content (AvgIpc) is 3.17. The molecule has 4 heterocycles. The Morgan fingerprint density at radius 1 is 1.03 bits per heavy atom. The van der Waals surface area contributed by atoms with E-state index in [0.29, 0.717) is 6.54 Å². The number of aliphatic imine (C=N–C) groups is 1. The molecule has 0 amide bonds. The zero-order valence-corrected chi connectivity index (χ0v) is 17.6. The van der Waals surface area contributed by atoms with Crippen LogP contribution in [0, 0.1) is 0 Å². The number of anilines is 1. The minimum absolute atomic E-state index is 0.182. The molecule has 0 aliphatic carbocycles. The highest BCUT2D eigenvalue weighted by Crippen LogP contribution is 2.29. The van der Waals surface area contributed by atoms with Gasteiger partial charge in [0.25, 0.3) is 0 Å². The molecule has 2 aromatic rings. The maximum Gasteiger partial charge on any atom is 0.132 e. The first-order valence-corrected chi connectivity index (χ1v) is 10.8. The van der Waals surface area contributed by atoms with Gasteiger partial charge in [-0.15, -0.1) is 0 Å². The van der Waals surface area contributed by atoms with E-state index in [1.54, 1.807) is 6.33 Å². The molecule has 30 heavy (non-hydrogen) atoms. The molecular formula is C23H28N4O3. The summed E-state index contributed by atoms with van der Waals surface area (Å²) in [5, 5.41) is 0. The molecule has 3 aliphatic rings. The average molecular weight is 409 g/mol. The maximum atomic E-state index is 6.22. The molecule has 0 spiro atoms. The van der Waals surface area contributed by atoms with Crippen molar-refractivity contribution < 1.29 is 14.2 Å². The molecule has 7 nitrogen and oxygen atoms in total. The number of hydrogen-bond acceptors (Lipinski definition) is 7. The van der Waals surface area contributed by atoms with Crippen molar-refractivity contribution in [1.82, 2.24) is 9.97 Å². The van der Waals surface area contributed by atoms with Crippen LogP contribution in [0.3, 0.4) is 0 Å². The predicted molar refractivity (Wildman–Crippen MR) is 115 cm³/mol. The molecule has 0 radical (unpaired) electrons. The van der Waals surface area contributed by atoms with Gasteiger partial charge in [0.1, 0.15) is 24.0 Å². The van der Waals surface area contributed by atoms with Crippen molar-refractivity contribution in [2.24, 2.45) is 4.99 Å². The van der Waals surface area contributed by atoms with Crippen molar-refractivity contribution in [3.8, 4) is 5.75 Å².